The average Bonchev–Trinajstić information content (AvgIpc) is 2.29. The lowest BCUT2D eigenvalue weighted by atomic mass is 10.2. The average molecular weight is 223 g/mol. The number of rotatable bonds is 5. The van der Waals surface area contributed by atoms with Gasteiger partial charge in [0.15, 0.2) is 0 Å². The van der Waals surface area contributed by atoms with Crippen LogP contribution in [0.1, 0.15) is 16.8 Å². The molecule has 0 aliphatic carbocycles. The quantitative estimate of drug-likeness (QED) is 0.669. The summed E-state index contributed by atoms with van der Waals surface area (Å²) in [6.07, 6.45) is 3.05. The van der Waals surface area contributed by atoms with Gasteiger partial charge in [-0.25, -0.2) is 4.79 Å². The van der Waals surface area contributed by atoms with Crippen molar-refractivity contribution in [1.29, 1.82) is 0 Å². The smallest absolute Gasteiger partial charge is 0.339 e. The van der Waals surface area contributed by atoms with E-state index in [9.17, 15) is 9.59 Å². The molecule has 86 valence electrons. The summed E-state index contributed by atoms with van der Waals surface area (Å²) in [7, 11) is 1.55. The molecule has 0 aliphatic heterocycles. The molecule has 1 amide bonds. The summed E-state index contributed by atoms with van der Waals surface area (Å²) in [4.78, 5) is 25.5. The molecular weight excluding hydrogens is 210 g/mol. The van der Waals surface area contributed by atoms with Gasteiger partial charge in [-0.3, -0.25) is 9.78 Å². The van der Waals surface area contributed by atoms with E-state index in [1.165, 1.54) is 12.4 Å². The third kappa shape index (κ3) is 3.23. The number of carboxylic acids is 1. The maximum Gasteiger partial charge on any atom is 0.339 e. The van der Waals surface area contributed by atoms with Crippen LogP contribution in [0.25, 0.3) is 0 Å². The first-order valence-corrected chi connectivity index (χ1v) is 4.77. The van der Waals surface area contributed by atoms with Crippen molar-refractivity contribution in [2.45, 2.75) is 6.42 Å². The Morgan fingerprint density at radius 3 is 2.88 bits per heavy atom. The fourth-order valence-corrected chi connectivity index (χ4v) is 1.15. The first-order valence-electron chi connectivity index (χ1n) is 4.77. The molecule has 0 fully saturated rings. The Morgan fingerprint density at radius 1 is 1.50 bits per heavy atom. The maximum absolute atomic E-state index is 10.9. The monoisotopic (exact) mass is 223 g/mol. The van der Waals surface area contributed by atoms with Gasteiger partial charge in [0.1, 0.15) is 5.56 Å². The number of nitrogens with one attached hydrogen (secondary N) is 2. The minimum Gasteiger partial charge on any atom is -0.478 e. The molecule has 0 saturated heterocycles. The number of anilines is 1. The van der Waals surface area contributed by atoms with Gasteiger partial charge < -0.3 is 15.7 Å². The zero-order valence-corrected chi connectivity index (χ0v) is 8.86. The second-order valence-corrected chi connectivity index (χ2v) is 3.08. The molecule has 16 heavy (non-hydrogen) atoms. The van der Waals surface area contributed by atoms with Crippen LogP contribution in [0.3, 0.4) is 0 Å². The predicted molar refractivity (Wildman–Crippen MR) is 58.4 cm³/mol. The van der Waals surface area contributed by atoms with Crippen LogP contribution in [0, 0.1) is 0 Å². The van der Waals surface area contributed by atoms with Crippen LogP contribution < -0.4 is 10.6 Å². The Morgan fingerprint density at radius 2 is 2.25 bits per heavy atom. The van der Waals surface area contributed by atoms with Crippen LogP contribution >= 0.6 is 0 Å². The van der Waals surface area contributed by atoms with Gasteiger partial charge in [-0.2, -0.15) is 0 Å². The van der Waals surface area contributed by atoms with Crippen LogP contribution in [0.5, 0.6) is 0 Å². The molecule has 3 N–H and O–H groups in total. The number of hydrogen-bond donors (Lipinski definition) is 3. The molecule has 0 aliphatic rings. The molecule has 6 nitrogen and oxygen atoms in total. The molecule has 1 rings (SSSR count). The summed E-state index contributed by atoms with van der Waals surface area (Å²) in [6.45, 7) is 0.379. The van der Waals surface area contributed by atoms with E-state index in [0.717, 1.165) is 0 Å². The first-order chi connectivity index (χ1) is 7.65. The van der Waals surface area contributed by atoms with Gasteiger partial charge in [0.2, 0.25) is 5.91 Å². The number of aromatic carboxylic acids is 1. The van der Waals surface area contributed by atoms with Gasteiger partial charge >= 0.3 is 5.97 Å². The van der Waals surface area contributed by atoms with E-state index in [4.69, 9.17) is 5.11 Å². The standard InChI is InChI=1S/C10H13N3O3/c1-11-9(14)3-5-13-8-2-4-12-6-7(8)10(15)16/h2,4,6H,3,5H2,1H3,(H,11,14)(H,12,13)(H,15,16). The van der Waals surface area contributed by atoms with E-state index in [-0.39, 0.29) is 17.9 Å². The first kappa shape index (κ1) is 12.0. The number of carbonyl (C=O) groups excluding carboxylic acids is 1. The zero-order chi connectivity index (χ0) is 12.0. The van der Waals surface area contributed by atoms with Crippen molar-refractivity contribution < 1.29 is 14.7 Å². The number of carbonyl (C=O) groups is 2. The van der Waals surface area contributed by atoms with E-state index >= 15 is 0 Å². The van der Waals surface area contributed by atoms with Crippen LogP contribution in [0.4, 0.5) is 5.69 Å². The lowest BCUT2D eigenvalue weighted by molar-refractivity contribution is -0.120. The van der Waals surface area contributed by atoms with E-state index < -0.39 is 5.97 Å². The molecule has 0 bridgehead atoms. The molecule has 0 spiro atoms. The van der Waals surface area contributed by atoms with Gasteiger partial charge in [-0.15, -0.1) is 0 Å². The fraction of sp³-hybridized carbons (Fsp3) is 0.300. The van der Waals surface area contributed by atoms with Crippen LogP contribution in [-0.2, 0) is 4.79 Å². The number of pyridine rings is 1. The Bertz CT molecular complexity index is 393. The largest absolute Gasteiger partial charge is 0.478 e. The van der Waals surface area contributed by atoms with Crippen molar-refractivity contribution >= 4 is 17.6 Å². The third-order valence-electron chi connectivity index (χ3n) is 2.00. The second kappa shape index (κ2) is 5.69. The number of carboxylic acid groups (broad SMARTS) is 1. The molecule has 0 radical (unpaired) electrons. The summed E-state index contributed by atoms with van der Waals surface area (Å²) in [5.74, 6) is -1.14. The molecule has 1 heterocycles. The summed E-state index contributed by atoms with van der Waals surface area (Å²) in [5, 5.41) is 14.2. The fourth-order valence-electron chi connectivity index (χ4n) is 1.15. The van der Waals surface area contributed by atoms with Gasteiger partial charge in [-0.1, -0.05) is 0 Å². The van der Waals surface area contributed by atoms with Crippen LogP contribution in [-0.4, -0.2) is 35.6 Å². The van der Waals surface area contributed by atoms with Crippen molar-refractivity contribution in [3.8, 4) is 0 Å². The molecular formula is C10H13N3O3. The molecule has 1 aromatic heterocycles. The molecule has 0 aromatic carbocycles. The number of nitrogens with zero attached hydrogens (tertiary/aromatic N) is 1. The normalized spacial score (nSPS) is 9.56. The van der Waals surface area contributed by atoms with E-state index in [1.807, 2.05) is 0 Å². The Kier molecular flexibility index (Phi) is 4.26. The maximum atomic E-state index is 10.9. The van der Waals surface area contributed by atoms with Gasteiger partial charge in [-0.05, 0) is 6.07 Å². The molecule has 0 saturated carbocycles. The Labute approximate surface area is 92.7 Å². The van der Waals surface area contributed by atoms with E-state index in [0.29, 0.717) is 12.2 Å². The van der Waals surface area contributed by atoms with Crippen molar-refractivity contribution in [1.82, 2.24) is 10.3 Å². The highest BCUT2D eigenvalue weighted by Gasteiger charge is 2.09. The van der Waals surface area contributed by atoms with Gasteiger partial charge in [0.05, 0.1) is 5.69 Å². The van der Waals surface area contributed by atoms with Crippen LogP contribution in [0.15, 0.2) is 18.5 Å². The number of amides is 1. The summed E-state index contributed by atoms with van der Waals surface area (Å²) < 4.78 is 0. The lowest BCUT2D eigenvalue weighted by Gasteiger charge is -2.07. The second-order valence-electron chi connectivity index (χ2n) is 3.08. The van der Waals surface area contributed by atoms with Crippen molar-refractivity contribution in [3.05, 3.63) is 24.0 Å². The molecule has 6 heteroatoms. The van der Waals surface area contributed by atoms with E-state index in [1.54, 1.807) is 13.1 Å². The van der Waals surface area contributed by atoms with Crippen molar-refractivity contribution in [2.24, 2.45) is 0 Å². The minimum atomic E-state index is -1.05. The molecule has 0 unspecified atom stereocenters. The summed E-state index contributed by atoms with van der Waals surface area (Å²) >= 11 is 0. The lowest BCUT2D eigenvalue weighted by Crippen LogP contribution is -2.21. The topological polar surface area (TPSA) is 91.3 Å². The SMILES string of the molecule is CNC(=O)CCNc1ccncc1C(=O)O. The highest BCUT2D eigenvalue weighted by Crippen LogP contribution is 2.12. The third-order valence-corrected chi connectivity index (χ3v) is 2.00. The summed E-state index contributed by atoms with van der Waals surface area (Å²) in [6, 6.07) is 1.56. The number of aromatic nitrogens is 1. The Hall–Kier alpha value is -2.11. The summed E-state index contributed by atoms with van der Waals surface area (Å²) in [5.41, 5.74) is 0.561. The minimum absolute atomic E-state index is 0.0967. The van der Waals surface area contributed by atoms with Crippen LogP contribution in [0.2, 0.25) is 0 Å². The molecule has 0 atom stereocenters. The predicted octanol–water partition coefficient (Wildman–Crippen LogP) is 0.328. The zero-order valence-electron chi connectivity index (χ0n) is 8.86. The Balaban J connectivity index is 2.60. The molecule has 1 aromatic rings. The van der Waals surface area contributed by atoms with Gasteiger partial charge in [0.25, 0.3) is 0 Å². The highest BCUT2D eigenvalue weighted by atomic mass is 16.4. The van der Waals surface area contributed by atoms with E-state index in [2.05, 4.69) is 15.6 Å². The number of hydrogen-bond acceptors (Lipinski definition) is 4. The highest BCUT2D eigenvalue weighted by molar-refractivity contribution is 5.93. The van der Waals surface area contributed by atoms with Gasteiger partial charge in [0, 0.05) is 32.4 Å². The van der Waals surface area contributed by atoms with Crippen molar-refractivity contribution in [3.63, 3.8) is 0 Å². The van der Waals surface area contributed by atoms with Crippen molar-refractivity contribution in [2.75, 3.05) is 18.9 Å².